The minimum absolute atomic E-state index is 0.280. The van der Waals surface area contributed by atoms with Crippen LogP contribution in [0.2, 0.25) is 0 Å². The molecule has 1 saturated carbocycles. The van der Waals surface area contributed by atoms with Crippen molar-refractivity contribution in [3.63, 3.8) is 0 Å². The third-order valence-corrected chi connectivity index (χ3v) is 4.88. The molecule has 19 heavy (non-hydrogen) atoms. The van der Waals surface area contributed by atoms with E-state index in [9.17, 15) is 0 Å². The van der Waals surface area contributed by atoms with E-state index in [-0.39, 0.29) is 5.54 Å². The first kappa shape index (κ1) is 15.3. The van der Waals surface area contributed by atoms with Crippen molar-refractivity contribution >= 4 is 0 Å². The van der Waals surface area contributed by atoms with Crippen molar-refractivity contribution in [2.75, 3.05) is 32.8 Å². The molecule has 2 aliphatic rings. The van der Waals surface area contributed by atoms with Crippen LogP contribution in [0, 0.1) is 11.8 Å². The van der Waals surface area contributed by atoms with Crippen molar-refractivity contribution in [3.05, 3.63) is 0 Å². The number of nitrogens with zero attached hydrogens (tertiary/aromatic N) is 1. The SMILES string of the molecule is CCC1(C)CN(CCOCC2CC2)C(C(C)C)CN1. The highest BCUT2D eigenvalue weighted by Gasteiger charge is 2.35. The van der Waals surface area contributed by atoms with Crippen molar-refractivity contribution in [1.29, 1.82) is 0 Å². The summed E-state index contributed by atoms with van der Waals surface area (Å²) in [6.45, 7) is 14.5. The molecule has 0 aromatic carbocycles. The van der Waals surface area contributed by atoms with E-state index in [2.05, 4.69) is 37.9 Å². The average molecular weight is 268 g/mol. The molecule has 112 valence electrons. The first-order valence-corrected chi connectivity index (χ1v) is 8.11. The van der Waals surface area contributed by atoms with E-state index in [1.165, 1.54) is 19.3 Å². The van der Waals surface area contributed by atoms with Crippen molar-refractivity contribution < 1.29 is 4.74 Å². The van der Waals surface area contributed by atoms with Crippen LogP contribution in [0.1, 0.15) is 47.0 Å². The maximum atomic E-state index is 5.83. The Kier molecular flexibility index (Phi) is 5.27. The summed E-state index contributed by atoms with van der Waals surface area (Å²) < 4.78 is 5.83. The highest BCUT2D eigenvalue weighted by atomic mass is 16.5. The van der Waals surface area contributed by atoms with Gasteiger partial charge in [0.15, 0.2) is 0 Å². The minimum Gasteiger partial charge on any atom is -0.380 e. The molecule has 2 fully saturated rings. The smallest absolute Gasteiger partial charge is 0.0593 e. The Morgan fingerprint density at radius 2 is 2.11 bits per heavy atom. The Morgan fingerprint density at radius 3 is 2.68 bits per heavy atom. The molecule has 2 atom stereocenters. The molecule has 2 rings (SSSR count). The van der Waals surface area contributed by atoms with E-state index >= 15 is 0 Å². The standard InChI is InChI=1S/C16H32N2O/c1-5-16(4)12-18(15(10-17-16)13(2)3)8-9-19-11-14-6-7-14/h13-15,17H,5-12H2,1-4H3. The Bertz CT molecular complexity index is 278. The quantitative estimate of drug-likeness (QED) is 0.718. The topological polar surface area (TPSA) is 24.5 Å². The van der Waals surface area contributed by atoms with Gasteiger partial charge in [0.25, 0.3) is 0 Å². The van der Waals surface area contributed by atoms with Crippen LogP contribution in [0.15, 0.2) is 0 Å². The second-order valence-electron chi connectivity index (χ2n) is 7.10. The van der Waals surface area contributed by atoms with Crippen LogP contribution in [0.25, 0.3) is 0 Å². The fourth-order valence-electron chi connectivity index (χ4n) is 2.96. The first-order valence-electron chi connectivity index (χ1n) is 8.11. The summed E-state index contributed by atoms with van der Waals surface area (Å²) in [5.74, 6) is 1.59. The lowest BCUT2D eigenvalue weighted by molar-refractivity contribution is 0.0261. The predicted octanol–water partition coefficient (Wildman–Crippen LogP) is 2.51. The molecule has 0 radical (unpaired) electrons. The number of piperazine rings is 1. The monoisotopic (exact) mass is 268 g/mol. The van der Waals surface area contributed by atoms with Crippen LogP contribution in [-0.4, -0.2) is 49.3 Å². The molecule has 1 N–H and O–H groups in total. The highest BCUT2D eigenvalue weighted by Crippen LogP contribution is 2.29. The van der Waals surface area contributed by atoms with E-state index in [0.29, 0.717) is 12.0 Å². The van der Waals surface area contributed by atoms with Gasteiger partial charge in [-0.1, -0.05) is 20.8 Å². The van der Waals surface area contributed by atoms with Crippen molar-refractivity contribution in [2.45, 2.75) is 58.5 Å². The van der Waals surface area contributed by atoms with Crippen LogP contribution >= 0.6 is 0 Å². The summed E-state index contributed by atoms with van der Waals surface area (Å²) in [6.07, 6.45) is 3.96. The Morgan fingerprint density at radius 1 is 1.37 bits per heavy atom. The zero-order valence-corrected chi connectivity index (χ0v) is 13.2. The van der Waals surface area contributed by atoms with Gasteiger partial charge in [-0.15, -0.1) is 0 Å². The van der Waals surface area contributed by atoms with Crippen LogP contribution < -0.4 is 5.32 Å². The molecular formula is C16H32N2O. The molecule has 1 aliphatic carbocycles. The largest absolute Gasteiger partial charge is 0.380 e. The number of rotatable bonds is 7. The summed E-state index contributed by atoms with van der Waals surface area (Å²) >= 11 is 0. The number of nitrogens with one attached hydrogen (secondary N) is 1. The van der Waals surface area contributed by atoms with Crippen LogP contribution in [0.4, 0.5) is 0 Å². The zero-order chi connectivity index (χ0) is 13.9. The van der Waals surface area contributed by atoms with Gasteiger partial charge < -0.3 is 10.1 Å². The highest BCUT2D eigenvalue weighted by molar-refractivity contribution is 4.95. The molecule has 0 bridgehead atoms. The summed E-state index contributed by atoms with van der Waals surface area (Å²) in [4.78, 5) is 2.65. The van der Waals surface area contributed by atoms with Gasteiger partial charge in [0.2, 0.25) is 0 Å². The maximum Gasteiger partial charge on any atom is 0.0593 e. The molecule has 0 aromatic heterocycles. The number of hydrogen-bond acceptors (Lipinski definition) is 3. The van der Waals surface area contributed by atoms with Gasteiger partial charge in [-0.05, 0) is 38.0 Å². The molecule has 2 unspecified atom stereocenters. The minimum atomic E-state index is 0.280. The van der Waals surface area contributed by atoms with Crippen LogP contribution in [0.5, 0.6) is 0 Å². The van der Waals surface area contributed by atoms with E-state index in [4.69, 9.17) is 4.74 Å². The maximum absolute atomic E-state index is 5.83. The van der Waals surface area contributed by atoms with Crippen LogP contribution in [-0.2, 0) is 4.74 Å². The molecule has 0 spiro atoms. The normalized spacial score (nSPS) is 33.0. The van der Waals surface area contributed by atoms with E-state index in [1.54, 1.807) is 0 Å². The molecule has 1 aliphatic heterocycles. The fraction of sp³-hybridized carbons (Fsp3) is 1.00. The molecule has 1 heterocycles. The van der Waals surface area contributed by atoms with Crippen molar-refractivity contribution in [3.8, 4) is 0 Å². The third kappa shape index (κ3) is 4.44. The molecule has 1 saturated heterocycles. The molecule has 3 nitrogen and oxygen atoms in total. The van der Waals surface area contributed by atoms with Gasteiger partial charge in [-0.25, -0.2) is 0 Å². The lowest BCUT2D eigenvalue weighted by Gasteiger charge is -2.47. The second-order valence-corrected chi connectivity index (χ2v) is 7.10. The van der Waals surface area contributed by atoms with Gasteiger partial charge in [0.1, 0.15) is 0 Å². The van der Waals surface area contributed by atoms with Crippen molar-refractivity contribution in [1.82, 2.24) is 10.2 Å². The number of hydrogen-bond donors (Lipinski definition) is 1. The average Bonchev–Trinajstić information content (AvgIpc) is 3.18. The van der Waals surface area contributed by atoms with Gasteiger partial charge in [0, 0.05) is 37.8 Å². The molecule has 3 heteroatoms. The molecule has 0 aromatic rings. The summed E-state index contributed by atoms with van der Waals surface area (Å²) in [6, 6.07) is 0.657. The number of ether oxygens (including phenoxy) is 1. The van der Waals surface area contributed by atoms with E-state index in [1.807, 2.05) is 0 Å². The zero-order valence-electron chi connectivity index (χ0n) is 13.2. The van der Waals surface area contributed by atoms with E-state index in [0.717, 1.165) is 38.8 Å². The molecular weight excluding hydrogens is 236 g/mol. The summed E-state index contributed by atoms with van der Waals surface area (Å²) in [5, 5.41) is 3.74. The third-order valence-electron chi connectivity index (χ3n) is 4.88. The van der Waals surface area contributed by atoms with E-state index < -0.39 is 0 Å². The Labute approximate surface area is 119 Å². The molecule has 0 amide bonds. The second kappa shape index (κ2) is 6.55. The summed E-state index contributed by atoms with van der Waals surface area (Å²) in [5.41, 5.74) is 0.280. The van der Waals surface area contributed by atoms with Crippen LogP contribution in [0.3, 0.4) is 0 Å². The fourth-order valence-corrected chi connectivity index (χ4v) is 2.96. The van der Waals surface area contributed by atoms with Gasteiger partial charge in [0.05, 0.1) is 6.61 Å². The lowest BCUT2D eigenvalue weighted by atomic mass is 9.90. The van der Waals surface area contributed by atoms with Gasteiger partial charge in [-0.2, -0.15) is 0 Å². The lowest BCUT2D eigenvalue weighted by Crippen LogP contribution is -2.64. The first-order chi connectivity index (χ1) is 9.04. The van der Waals surface area contributed by atoms with Crippen molar-refractivity contribution in [2.24, 2.45) is 11.8 Å². The Hall–Kier alpha value is -0.120. The van der Waals surface area contributed by atoms with Gasteiger partial charge >= 0.3 is 0 Å². The summed E-state index contributed by atoms with van der Waals surface area (Å²) in [7, 11) is 0. The predicted molar refractivity (Wildman–Crippen MR) is 80.4 cm³/mol. The van der Waals surface area contributed by atoms with Gasteiger partial charge in [-0.3, -0.25) is 4.90 Å². The Balaban J connectivity index is 1.80.